The number of aromatic nitrogens is 4. The highest BCUT2D eigenvalue weighted by molar-refractivity contribution is 7.85. The summed E-state index contributed by atoms with van der Waals surface area (Å²) in [7, 11) is -4.56. The van der Waals surface area contributed by atoms with Crippen LogP contribution in [0.25, 0.3) is 5.82 Å². The minimum Gasteiger partial charge on any atom is -0.220 e. The van der Waals surface area contributed by atoms with Crippen LogP contribution in [0.5, 0.6) is 0 Å². The molecule has 0 aliphatic heterocycles. The van der Waals surface area contributed by atoms with E-state index in [4.69, 9.17) is 0 Å². The van der Waals surface area contributed by atoms with Crippen molar-refractivity contribution in [1.29, 1.82) is 0 Å². The quantitative estimate of drug-likeness (QED) is 0.758. The van der Waals surface area contributed by atoms with Gasteiger partial charge in [-0.1, -0.05) is 0 Å². The molecule has 17 heavy (non-hydrogen) atoms. The van der Waals surface area contributed by atoms with Gasteiger partial charge in [0, 0.05) is 18.0 Å². The van der Waals surface area contributed by atoms with Crippen molar-refractivity contribution in [1.82, 2.24) is 20.0 Å². The molecule has 0 amide bonds. The van der Waals surface area contributed by atoms with Crippen LogP contribution in [0, 0.1) is 6.92 Å². The third-order valence-corrected chi connectivity index (χ3v) is 2.78. The Bertz CT molecular complexity index is 624. The van der Waals surface area contributed by atoms with Gasteiger partial charge in [-0.25, -0.2) is 4.68 Å². The molecule has 2 aromatic rings. The van der Waals surface area contributed by atoms with E-state index in [-0.39, 0.29) is 0 Å². The average Bonchev–Trinajstić information content (AvgIpc) is 2.59. The van der Waals surface area contributed by atoms with Crippen molar-refractivity contribution >= 4 is 10.2 Å². The fraction of sp³-hybridized carbons (Fsp3) is 0.222. The first-order chi connectivity index (χ1) is 7.96. The Morgan fingerprint density at radius 3 is 2.82 bits per heavy atom. The summed E-state index contributed by atoms with van der Waals surface area (Å²) in [4.78, 5) is 0. The monoisotopic (exact) mass is 256 g/mol. The van der Waals surface area contributed by atoms with Crippen molar-refractivity contribution in [2.75, 3.05) is 0 Å². The molecule has 0 saturated carbocycles. The minimum atomic E-state index is -4.56. The van der Waals surface area contributed by atoms with Crippen LogP contribution in [0.2, 0.25) is 0 Å². The molecule has 8 heteroatoms. The smallest absolute Gasteiger partial charge is 0.220 e. The Labute approximate surface area is 97.3 Å². The molecule has 0 aliphatic rings. The van der Waals surface area contributed by atoms with E-state index in [0.717, 1.165) is 0 Å². The first kappa shape index (κ1) is 11.6. The lowest BCUT2D eigenvalue weighted by molar-refractivity contribution is 0.551. The van der Waals surface area contributed by atoms with Crippen molar-refractivity contribution in [3.63, 3.8) is 0 Å². The zero-order valence-corrected chi connectivity index (χ0v) is 9.72. The van der Waals surface area contributed by atoms with Crippen LogP contribution in [0.1, 0.15) is 11.3 Å². The SMILES string of the molecule is Cc1nn(-c2cccnn2)cc1CS(=O)(=O)F. The number of aryl methyl sites for hydroxylation is 1. The molecule has 0 fully saturated rings. The van der Waals surface area contributed by atoms with Crippen LogP contribution >= 0.6 is 0 Å². The maximum absolute atomic E-state index is 12.6. The molecule has 90 valence electrons. The van der Waals surface area contributed by atoms with Crippen molar-refractivity contribution in [3.05, 3.63) is 35.8 Å². The average molecular weight is 256 g/mol. The van der Waals surface area contributed by atoms with E-state index in [1.807, 2.05) is 0 Å². The van der Waals surface area contributed by atoms with E-state index in [9.17, 15) is 12.3 Å². The van der Waals surface area contributed by atoms with Gasteiger partial charge < -0.3 is 0 Å². The fourth-order valence-electron chi connectivity index (χ4n) is 1.36. The van der Waals surface area contributed by atoms with E-state index in [1.165, 1.54) is 17.1 Å². The van der Waals surface area contributed by atoms with E-state index in [0.29, 0.717) is 17.1 Å². The summed E-state index contributed by atoms with van der Waals surface area (Å²) in [6, 6.07) is 3.33. The lowest BCUT2D eigenvalue weighted by Gasteiger charge is -1.96. The number of nitrogens with zero attached hydrogens (tertiary/aromatic N) is 4. The van der Waals surface area contributed by atoms with Gasteiger partial charge in [-0.3, -0.25) is 0 Å². The Hall–Kier alpha value is -1.83. The summed E-state index contributed by atoms with van der Waals surface area (Å²) < 4.78 is 35.1. The normalized spacial score (nSPS) is 11.6. The maximum Gasteiger partial charge on any atom is 0.306 e. The van der Waals surface area contributed by atoms with E-state index in [1.54, 1.807) is 19.1 Å². The predicted octanol–water partition coefficient (Wildman–Crippen LogP) is 0.770. The Kier molecular flexibility index (Phi) is 2.88. The highest BCUT2D eigenvalue weighted by Crippen LogP contribution is 2.13. The van der Waals surface area contributed by atoms with Crippen LogP contribution in [-0.4, -0.2) is 28.4 Å². The van der Waals surface area contributed by atoms with Gasteiger partial charge >= 0.3 is 10.2 Å². The van der Waals surface area contributed by atoms with Crippen molar-refractivity contribution in [2.45, 2.75) is 12.7 Å². The number of hydrogen-bond donors (Lipinski definition) is 0. The molecule has 0 unspecified atom stereocenters. The second-order valence-corrected chi connectivity index (χ2v) is 4.82. The standard InChI is InChI=1S/C9H9FN4O2S/c1-7-8(6-17(10,15)16)5-14(13-7)9-3-2-4-11-12-9/h2-5H,6H2,1H3. The third kappa shape index (κ3) is 2.84. The molecule has 2 heterocycles. The number of rotatable bonds is 3. The Morgan fingerprint density at radius 1 is 1.47 bits per heavy atom. The largest absolute Gasteiger partial charge is 0.306 e. The second-order valence-electron chi connectivity index (χ2n) is 3.45. The molecule has 2 aromatic heterocycles. The maximum atomic E-state index is 12.6. The van der Waals surface area contributed by atoms with Crippen molar-refractivity contribution in [3.8, 4) is 5.82 Å². The first-order valence-electron chi connectivity index (χ1n) is 4.71. The summed E-state index contributed by atoms with van der Waals surface area (Å²) in [5, 5.41) is 11.5. The first-order valence-corrected chi connectivity index (χ1v) is 6.26. The molecule has 0 aromatic carbocycles. The summed E-state index contributed by atoms with van der Waals surface area (Å²) in [5.74, 6) is -0.239. The van der Waals surface area contributed by atoms with E-state index in [2.05, 4.69) is 15.3 Å². The lowest BCUT2D eigenvalue weighted by atomic mass is 10.3. The summed E-state index contributed by atoms with van der Waals surface area (Å²) in [6.45, 7) is 1.60. The van der Waals surface area contributed by atoms with Crippen molar-refractivity contribution in [2.24, 2.45) is 0 Å². The van der Waals surface area contributed by atoms with Gasteiger partial charge in [0.15, 0.2) is 5.82 Å². The Morgan fingerprint density at radius 2 is 2.24 bits per heavy atom. The summed E-state index contributed by atoms with van der Waals surface area (Å²) in [5.41, 5.74) is 0.745. The molecule has 0 aliphatic carbocycles. The topological polar surface area (TPSA) is 77.7 Å². The molecule has 6 nitrogen and oxygen atoms in total. The molecule has 0 atom stereocenters. The minimum absolute atomic E-state index is 0.304. The predicted molar refractivity (Wildman–Crippen MR) is 57.6 cm³/mol. The molecule has 0 saturated heterocycles. The molecule has 0 spiro atoms. The molecule has 2 rings (SSSR count). The zero-order chi connectivity index (χ0) is 12.5. The molecule has 0 N–H and O–H groups in total. The van der Waals surface area contributed by atoms with Gasteiger partial charge in [0.25, 0.3) is 0 Å². The molecular weight excluding hydrogens is 247 g/mol. The van der Waals surface area contributed by atoms with Gasteiger partial charge in [-0.15, -0.1) is 8.98 Å². The zero-order valence-electron chi connectivity index (χ0n) is 8.91. The van der Waals surface area contributed by atoms with Gasteiger partial charge in [-0.05, 0) is 19.1 Å². The highest BCUT2D eigenvalue weighted by Gasteiger charge is 2.15. The summed E-state index contributed by atoms with van der Waals surface area (Å²) in [6.07, 6.45) is 2.93. The van der Waals surface area contributed by atoms with Crippen LogP contribution < -0.4 is 0 Å². The molecule has 0 bridgehead atoms. The number of hydrogen-bond acceptors (Lipinski definition) is 5. The van der Waals surface area contributed by atoms with Gasteiger partial charge in [0.05, 0.1) is 5.69 Å². The van der Waals surface area contributed by atoms with Gasteiger partial charge in [0.1, 0.15) is 5.75 Å². The lowest BCUT2D eigenvalue weighted by Crippen LogP contribution is -1.99. The van der Waals surface area contributed by atoms with Crippen LogP contribution in [-0.2, 0) is 16.0 Å². The summed E-state index contributed by atoms with van der Waals surface area (Å²) >= 11 is 0. The highest BCUT2D eigenvalue weighted by atomic mass is 32.3. The molecular formula is C9H9FN4O2S. The Balaban J connectivity index is 2.38. The second kappa shape index (κ2) is 4.21. The fourth-order valence-corrected chi connectivity index (χ4v) is 2.01. The van der Waals surface area contributed by atoms with Crippen LogP contribution in [0.4, 0.5) is 3.89 Å². The van der Waals surface area contributed by atoms with Gasteiger partial charge in [0.2, 0.25) is 0 Å². The van der Waals surface area contributed by atoms with Gasteiger partial charge in [-0.2, -0.15) is 18.6 Å². The van der Waals surface area contributed by atoms with Crippen molar-refractivity contribution < 1.29 is 12.3 Å². The van der Waals surface area contributed by atoms with Crippen LogP contribution in [0.15, 0.2) is 24.5 Å². The van der Waals surface area contributed by atoms with E-state index < -0.39 is 16.0 Å². The van der Waals surface area contributed by atoms with Crippen LogP contribution in [0.3, 0.4) is 0 Å². The number of halogens is 1. The molecule has 0 radical (unpaired) electrons. The third-order valence-electron chi connectivity index (χ3n) is 2.12. The van der Waals surface area contributed by atoms with E-state index >= 15 is 0 Å².